The number of rotatable bonds is 27. The van der Waals surface area contributed by atoms with Gasteiger partial charge in [-0.25, -0.2) is 8.42 Å². The molecule has 3 heterocycles. The van der Waals surface area contributed by atoms with Gasteiger partial charge in [-0.3, -0.25) is 15.8 Å². The minimum absolute atomic E-state index is 0. The van der Waals surface area contributed by atoms with Crippen molar-refractivity contribution in [2.45, 2.75) is 139 Å². The van der Waals surface area contributed by atoms with Gasteiger partial charge in [-0.05, 0) is 58.9 Å². The van der Waals surface area contributed by atoms with E-state index in [0.717, 1.165) is 27.8 Å². The maximum Gasteiger partial charge on any atom is 1.00 e. The fraction of sp³-hybridized carbons (Fsp3) is 0.448. The summed E-state index contributed by atoms with van der Waals surface area (Å²) < 4.78 is 106. The van der Waals surface area contributed by atoms with Crippen LogP contribution in [0.2, 0.25) is 0 Å². The van der Waals surface area contributed by atoms with Crippen LogP contribution in [0.4, 0.5) is 0 Å². The van der Waals surface area contributed by atoms with Crippen molar-refractivity contribution in [2.24, 2.45) is 5.11 Å². The Morgan fingerprint density at radius 1 is 0.610 bits per heavy atom. The second-order valence-corrected chi connectivity index (χ2v) is 20.1. The molecule has 0 radical (unpaired) electrons. The van der Waals surface area contributed by atoms with Crippen molar-refractivity contribution in [3.8, 4) is 0 Å². The number of hydrogen-bond donors (Lipinski definition) is 4. The van der Waals surface area contributed by atoms with Crippen molar-refractivity contribution in [1.29, 1.82) is 0 Å². The third-order valence-electron chi connectivity index (χ3n) is 13.1. The van der Waals surface area contributed by atoms with E-state index in [2.05, 4.69) is 15.3 Å². The molecular formula is C58H70N4NaO18S-. The summed E-state index contributed by atoms with van der Waals surface area (Å²) in [5, 5.41) is 29.5. The SMILES string of the molecule is CC(=O)NC1[C@H](OCCCN=[N+]=[N-])OC(COCc2ccccc2)[C@@H](O[C@@H]2OC(COCc3ccccc3)[C@H](O)[CH-]C2O)[C@@H]1O[C@@H]1OC(C)[C@@H](OCc2ccccc2)[C@H](OCc2ccccc2)C1OCc1ccccc1.O=S(=O)([O-])O.[Na+]. The number of carbonyl (C=O) groups is 1. The molecule has 0 saturated carbocycles. The molecule has 14 atom stereocenters. The molecule has 3 aliphatic heterocycles. The van der Waals surface area contributed by atoms with Gasteiger partial charge in [-0.1, -0.05) is 157 Å². The van der Waals surface area contributed by atoms with Crippen molar-refractivity contribution < 1.29 is 114 Å². The van der Waals surface area contributed by atoms with Crippen LogP contribution in [0.15, 0.2) is 157 Å². The van der Waals surface area contributed by atoms with Crippen molar-refractivity contribution in [3.63, 3.8) is 0 Å². The van der Waals surface area contributed by atoms with Crippen molar-refractivity contribution >= 4 is 16.3 Å². The van der Waals surface area contributed by atoms with Crippen LogP contribution in [0, 0.1) is 6.42 Å². The summed E-state index contributed by atoms with van der Waals surface area (Å²) in [5.41, 5.74) is 13.6. The second-order valence-electron chi connectivity index (χ2n) is 19.3. The number of aliphatic hydroxyl groups is 2. The first kappa shape index (κ1) is 66.4. The fourth-order valence-corrected chi connectivity index (χ4v) is 9.30. The standard InChI is InChI=1S/C58H69N4O14.Na.H2O4S/c1-39-51(69-34-43-23-12-5-13-24-43)54(70-35-44-25-14-6-15-26-44)55(71-36-45-27-16-7-17-28-45)58(72-39)76-53-50(61-40(2)63)57(68-30-18-29-60-62-59)74-49(38-67-33-42-21-10-4-11-22-42)52(53)75-56-47(65)31-46(64)48(73-56)37-66-32-41-19-8-3-9-20-41;;1-5(2,3)4/h3-17,19-28,31,39,46-58,64-65H,18,29-30,32-38H2,1-2H3,(H,61,63);;(H2,1,2,3,4)/q-1;+1;/p-1/t39?,46-,47?,48?,49?,50?,51-,52-,53-,54+,55?,56+,57-,58+;;/m1../s1. The number of benzene rings is 5. The van der Waals surface area contributed by atoms with Crippen LogP contribution in [0.5, 0.6) is 0 Å². The Balaban J connectivity index is 0.00000173. The van der Waals surface area contributed by atoms with Crippen molar-refractivity contribution in [1.82, 2.24) is 5.32 Å². The molecule has 3 saturated heterocycles. The predicted octanol–water partition coefficient (Wildman–Crippen LogP) is 3.30. The molecule has 0 bridgehead atoms. The predicted molar refractivity (Wildman–Crippen MR) is 289 cm³/mol. The molecule has 1 amide bonds. The van der Waals surface area contributed by atoms with Crippen LogP contribution in [0.25, 0.3) is 10.4 Å². The van der Waals surface area contributed by atoms with E-state index in [4.69, 9.17) is 75.2 Å². The average Bonchev–Trinajstić information content (AvgIpc) is 3.66. The summed E-state index contributed by atoms with van der Waals surface area (Å²) in [7, 11) is -4.92. The van der Waals surface area contributed by atoms with Gasteiger partial charge in [-0.2, -0.15) is 0 Å². The second kappa shape index (κ2) is 34.9. The largest absolute Gasteiger partial charge is 1.00 e. The van der Waals surface area contributed by atoms with E-state index in [1.54, 1.807) is 0 Å². The Hall–Kier alpha value is -4.77. The number of nitrogens with zero attached hydrogens (tertiary/aromatic N) is 3. The molecule has 82 heavy (non-hydrogen) atoms. The van der Waals surface area contributed by atoms with Gasteiger partial charge in [0.25, 0.3) is 0 Å². The van der Waals surface area contributed by atoms with Gasteiger partial charge in [0.15, 0.2) is 18.9 Å². The summed E-state index contributed by atoms with van der Waals surface area (Å²) in [4.78, 5) is 16.3. The summed E-state index contributed by atoms with van der Waals surface area (Å²) in [6, 6.07) is 47.3. The number of amides is 1. The van der Waals surface area contributed by atoms with Gasteiger partial charge >= 0.3 is 29.6 Å². The number of aliphatic hydroxyl groups excluding tert-OH is 2. The summed E-state index contributed by atoms with van der Waals surface area (Å²) >= 11 is 0. The van der Waals surface area contributed by atoms with Crippen LogP contribution in [0.1, 0.15) is 48.1 Å². The average molecular weight is 1170 g/mol. The third-order valence-corrected chi connectivity index (χ3v) is 13.1. The number of carbonyl (C=O) groups excluding carboxylic acids is 1. The topological polar surface area (TPSA) is 297 Å². The molecule has 8 rings (SSSR count). The van der Waals surface area contributed by atoms with Crippen LogP contribution >= 0.6 is 0 Å². The van der Waals surface area contributed by atoms with Gasteiger partial charge in [0.1, 0.15) is 42.7 Å². The Kier molecular flexibility index (Phi) is 28.2. The van der Waals surface area contributed by atoms with Crippen molar-refractivity contribution in [2.75, 3.05) is 26.4 Å². The molecule has 6 unspecified atom stereocenters. The molecule has 3 fully saturated rings. The van der Waals surface area contributed by atoms with Gasteiger partial charge in [-0.15, -0.1) is 0 Å². The Bertz CT molecular complexity index is 2740. The van der Waals surface area contributed by atoms with E-state index in [-0.39, 0.29) is 89.0 Å². The van der Waals surface area contributed by atoms with Crippen LogP contribution in [-0.2, 0) is 100 Å². The van der Waals surface area contributed by atoms with Gasteiger partial charge in [0.2, 0.25) is 16.3 Å². The normalized spacial score (nSPS) is 27.1. The van der Waals surface area contributed by atoms with E-state index < -0.39 is 102 Å². The first-order valence-corrected chi connectivity index (χ1v) is 27.8. The molecule has 5 aromatic carbocycles. The molecule has 0 spiro atoms. The number of ether oxygens (including phenoxy) is 11. The Morgan fingerprint density at radius 3 is 1.51 bits per heavy atom. The smallest absolute Gasteiger partial charge is 0.726 e. The Morgan fingerprint density at radius 2 is 1.04 bits per heavy atom. The van der Waals surface area contributed by atoms with Crippen LogP contribution in [0.3, 0.4) is 0 Å². The molecule has 0 aliphatic carbocycles. The van der Waals surface area contributed by atoms with Crippen LogP contribution in [-0.4, -0.2) is 146 Å². The maximum absolute atomic E-state index is 13.4. The summed E-state index contributed by atoms with van der Waals surface area (Å²) in [5.74, 6) is -0.448. The minimum Gasteiger partial charge on any atom is -0.726 e. The number of azide groups is 1. The molecule has 24 heteroatoms. The van der Waals surface area contributed by atoms with Crippen LogP contribution < -0.4 is 34.9 Å². The van der Waals surface area contributed by atoms with E-state index in [9.17, 15) is 15.0 Å². The molecule has 4 N–H and O–H groups in total. The van der Waals surface area contributed by atoms with E-state index in [1.807, 2.05) is 159 Å². The first-order valence-electron chi connectivity index (χ1n) is 26.5. The summed E-state index contributed by atoms with van der Waals surface area (Å²) in [6.45, 7) is 4.32. The molecule has 5 aromatic rings. The minimum atomic E-state index is -4.92. The van der Waals surface area contributed by atoms with Gasteiger partial charge in [0.05, 0.1) is 58.5 Å². The fourth-order valence-electron chi connectivity index (χ4n) is 9.30. The monoisotopic (exact) mass is 1170 g/mol. The first-order chi connectivity index (χ1) is 39.2. The van der Waals surface area contributed by atoms with E-state index >= 15 is 0 Å². The van der Waals surface area contributed by atoms with Gasteiger partial charge < -0.3 is 72.2 Å². The zero-order valence-corrected chi connectivity index (χ0v) is 48.7. The van der Waals surface area contributed by atoms with E-state index in [1.165, 1.54) is 13.3 Å². The van der Waals surface area contributed by atoms with Gasteiger partial charge in [0, 0.05) is 25.0 Å². The molecule has 22 nitrogen and oxygen atoms in total. The third kappa shape index (κ3) is 22.0. The zero-order valence-electron chi connectivity index (χ0n) is 45.9. The molecular weight excluding hydrogens is 1100 g/mol. The zero-order chi connectivity index (χ0) is 57.4. The maximum atomic E-state index is 13.4. The van der Waals surface area contributed by atoms with Crippen molar-refractivity contribution in [3.05, 3.63) is 196 Å². The number of hydrogen-bond acceptors (Lipinski definition) is 18. The summed E-state index contributed by atoms with van der Waals surface area (Å²) in [6.07, 6.45) is -12.5. The molecule has 438 valence electrons. The molecule has 0 aromatic heterocycles. The quantitative estimate of drug-likeness (QED) is 0.00857. The Labute approximate surface area is 500 Å². The number of nitrogens with one attached hydrogen (secondary N) is 1. The molecule has 3 aliphatic rings. The van der Waals surface area contributed by atoms with E-state index in [0.29, 0.717) is 6.42 Å².